The number of rotatable bonds is 10. The van der Waals surface area contributed by atoms with Crippen LogP contribution in [0.1, 0.15) is 22.6 Å². The fourth-order valence-corrected chi connectivity index (χ4v) is 5.18. The van der Waals surface area contributed by atoms with Crippen molar-refractivity contribution in [3.05, 3.63) is 93.5 Å². The molecule has 0 radical (unpaired) electrons. The van der Waals surface area contributed by atoms with E-state index in [1.165, 1.54) is 31.0 Å². The summed E-state index contributed by atoms with van der Waals surface area (Å²) >= 11 is 1.22. The minimum atomic E-state index is -1.20. The van der Waals surface area contributed by atoms with Gasteiger partial charge in [0.25, 0.3) is 5.69 Å². The molecule has 3 aromatic rings. The molecule has 0 heterocycles. The molecule has 0 saturated carbocycles. The highest BCUT2D eigenvalue weighted by molar-refractivity contribution is 7.98. The summed E-state index contributed by atoms with van der Waals surface area (Å²) in [6.45, 7) is 0.0762. The summed E-state index contributed by atoms with van der Waals surface area (Å²) in [6, 6.07) is 19.0. The Kier molecular flexibility index (Phi) is 7.74. The molecule has 0 spiro atoms. The molecule has 3 aromatic carbocycles. The van der Waals surface area contributed by atoms with Crippen LogP contribution in [0.15, 0.2) is 66.7 Å². The largest absolute Gasteiger partial charge is 0.496 e. The lowest BCUT2D eigenvalue weighted by atomic mass is 9.98. The van der Waals surface area contributed by atoms with Gasteiger partial charge in [-0.3, -0.25) is 10.1 Å². The highest BCUT2D eigenvalue weighted by atomic mass is 32.2. The molecule has 186 valence electrons. The number of aliphatic carboxylic acids is 1. The van der Waals surface area contributed by atoms with Gasteiger partial charge >= 0.3 is 12.1 Å². The maximum absolute atomic E-state index is 12.5. The number of carbonyl (C=O) groups is 2. The summed E-state index contributed by atoms with van der Waals surface area (Å²) in [7, 11) is 1.41. The molecule has 2 N–H and O–H groups in total. The van der Waals surface area contributed by atoms with Gasteiger partial charge in [-0.25, -0.2) is 9.59 Å². The van der Waals surface area contributed by atoms with Crippen LogP contribution < -0.4 is 10.1 Å². The maximum atomic E-state index is 12.5. The fraction of sp³-hybridized carbons (Fsp3) is 0.231. The average Bonchev–Trinajstić information content (AvgIpc) is 3.20. The lowest BCUT2D eigenvalue weighted by molar-refractivity contribution is -0.385. The van der Waals surface area contributed by atoms with E-state index in [0.717, 1.165) is 22.3 Å². The van der Waals surface area contributed by atoms with Crippen LogP contribution in [-0.2, 0) is 15.3 Å². The number of nitro groups is 1. The number of fused-ring (bicyclic) bond motifs is 3. The number of ether oxygens (including phenoxy) is 2. The molecule has 1 atom stereocenters. The molecular weight excluding hydrogens is 484 g/mol. The van der Waals surface area contributed by atoms with Crippen molar-refractivity contribution < 1.29 is 29.1 Å². The first-order chi connectivity index (χ1) is 17.4. The molecule has 1 aliphatic rings. The number of carboxylic acid groups (broad SMARTS) is 1. The number of hydrogen-bond donors (Lipinski definition) is 2. The third-order valence-corrected chi connectivity index (χ3v) is 6.99. The molecule has 0 bridgehead atoms. The van der Waals surface area contributed by atoms with Gasteiger partial charge in [0.2, 0.25) is 0 Å². The lowest BCUT2D eigenvalue weighted by Crippen LogP contribution is -2.43. The van der Waals surface area contributed by atoms with Crippen molar-refractivity contribution in [3.63, 3.8) is 0 Å². The van der Waals surface area contributed by atoms with Gasteiger partial charge in [-0.15, -0.1) is 0 Å². The van der Waals surface area contributed by atoms with Crippen molar-refractivity contribution >= 4 is 29.5 Å². The van der Waals surface area contributed by atoms with Crippen LogP contribution in [0, 0.1) is 10.1 Å². The minimum Gasteiger partial charge on any atom is -0.496 e. The van der Waals surface area contributed by atoms with Crippen molar-refractivity contribution in [2.75, 3.05) is 19.5 Å². The van der Waals surface area contributed by atoms with Crippen LogP contribution in [0.25, 0.3) is 11.1 Å². The lowest BCUT2D eigenvalue weighted by Gasteiger charge is -2.17. The van der Waals surface area contributed by atoms with E-state index < -0.39 is 23.0 Å². The zero-order valence-corrected chi connectivity index (χ0v) is 20.2. The van der Waals surface area contributed by atoms with Crippen molar-refractivity contribution in [2.45, 2.75) is 17.7 Å². The number of thioether (sulfide) groups is 1. The van der Waals surface area contributed by atoms with Gasteiger partial charge in [0.05, 0.1) is 18.1 Å². The summed E-state index contributed by atoms with van der Waals surface area (Å²) in [5, 5.41) is 23.1. The van der Waals surface area contributed by atoms with Gasteiger partial charge in [0.1, 0.15) is 18.4 Å². The minimum absolute atomic E-state index is 0.0462. The second-order valence-electron chi connectivity index (χ2n) is 8.17. The summed E-state index contributed by atoms with van der Waals surface area (Å²) in [4.78, 5) is 34.8. The van der Waals surface area contributed by atoms with Crippen LogP contribution in [0.5, 0.6) is 5.75 Å². The first-order valence-electron chi connectivity index (χ1n) is 11.1. The van der Waals surface area contributed by atoms with E-state index in [1.54, 1.807) is 6.07 Å². The molecule has 0 aromatic heterocycles. The van der Waals surface area contributed by atoms with Crippen molar-refractivity contribution in [2.24, 2.45) is 0 Å². The summed E-state index contributed by atoms with van der Waals surface area (Å²) < 4.78 is 10.5. The van der Waals surface area contributed by atoms with E-state index in [1.807, 2.05) is 48.5 Å². The van der Waals surface area contributed by atoms with E-state index in [0.29, 0.717) is 17.1 Å². The van der Waals surface area contributed by atoms with Gasteiger partial charge in [-0.05, 0) is 33.9 Å². The molecule has 1 aliphatic carbocycles. The Morgan fingerprint density at radius 1 is 1.08 bits per heavy atom. The molecule has 36 heavy (non-hydrogen) atoms. The van der Waals surface area contributed by atoms with Gasteiger partial charge in [-0.2, -0.15) is 11.8 Å². The Morgan fingerprint density at radius 3 is 2.31 bits per heavy atom. The van der Waals surface area contributed by atoms with E-state index >= 15 is 0 Å². The number of benzene rings is 3. The third kappa shape index (κ3) is 5.60. The summed E-state index contributed by atoms with van der Waals surface area (Å²) in [6.07, 6.45) is -0.818. The quantitative estimate of drug-likeness (QED) is 0.294. The number of non-ortho nitro benzene ring substituents is 1. The fourth-order valence-electron chi connectivity index (χ4n) is 4.20. The maximum Gasteiger partial charge on any atom is 0.407 e. The SMILES string of the molecule is COc1cc(CSCC(NC(=O)OCC2c3ccccc3-c3ccccc32)C(=O)O)cc([N+](=O)[O-])c1. The topological polar surface area (TPSA) is 128 Å². The number of amides is 1. The average molecular weight is 509 g/mol. The predicted molar refractivity (Wildman–Crippen MR) is 135 cm³/mol. The smallest absolute Gasteiger partial charge is 0.407 e. The summed E-state index contributed by atoms with van der Waals surface area (Å²) in [5.41, 5.74) is 4.81. The van der Waals surface area contributed by atoms with Gasteiger partial charge in [0, 0.05) is 23.5 Å². The first-order valence-corrected chi connectivity index (χ1v) is 12.3. The van der Waals surface area contributed by atoms with Crippen LogP contribution in [0.4, 0.5) is 10.5 Å². The van der Waals surface area contributed by atoms with E-state index in [4.69, 9.17) is 9.47 Å². The molecule has 10 heteroatoms. The molecular formula is C26H24N2O7S. The first kappa shape index (κ1) is 25.1. The number of carbonyl (C=O) groups excluding carboxylic acids is 1. The Hall–Kier alpha value is -4.05. The number of nitro benzene ring substituents is 1. The van der Waals surface area contributed by atoms with Gasteiger partial charge in [0.15, 0.2) is 0 Å². The Labute approximate surface area is 211 Å². The molecule has 4 rings (SSSR count). The number of alkyl carbamates (subject to hydrolysis) is 1. The second-order valence-corrected chi connectivity index (χ2v) is 9.20. The molecule has 9 nitrogen and oxygen atoms in total. The molecule has 0 fully saturated rings. The number of methoxy groups -OCH3 is 1. The number of hydrogen-bond acceptors (Lipinski definition) is 7. The highest BCUT2D eigenvalue weighted by Crippen LogP contribution is 2.44. The number of carboxylic acids is 1. The Bertz CT molecular complexity index is 1250. The van der Waals surface area contributed by atoms with E-state index in [-0.39, 0.29) is 24.0 Å². The summed E-state index contributed by atoms with van der Waals surface area (Å²) in [5.74, 6) is -0.651. The third-order valence-electron chi connectivity index (χ3n) is 5.88. The number of nitrogens with one attached hydrogen (secondary N) is 1. The predicted octanol–water partition coefficient (Wildman–Crippen LogP) is 4.83. The van der Waals surface area contributed by atoms with E-state index in [2.05, 4.69) is 5.32 Å². The Morgan fingerprint density at radius 2 is 1.72 bits per heavy atom. The Balaban J connectivity index is 1.34. The van der Waals surface area contributed by atoms with Crippen LogP contribution in [-0.4, -0.2) is 47.6 Å². The van der Waals surface area contributed by atoms with Crippen LogP contribution in [0.3, 0.4) is 0 Å². The molecule has 1 unspecified atom stereocenters. The van der Waals surface area contributed by atoms with Gasteiger partial charge < -0.3 is 19.9 Å². The zero-order valence-electron chi connectivity index (χ0n) is 19.4. The van der Waals surface area contributed by atoms with Crippen molar-refractivity contribution in [1.82, 2.24) is 5.32 Å². The molecule has 0 aliphatic heterocycles. The second kappa shape index (κ2) is 11.1. The van der Waals surface area contributed by atoms with Crippen LogP contribution in [0.2, 0.25) is 0 Å². The highest BCUT2D eigenvalue weighted by Gasteiger charge is 2.29. The normalized spacial score (nSPS) is 12.8. The number of nitrogens with zero attached hydrogens (tertiary/aromatic N) is 1. The standard InChI is InChI=1S/C26H24N2O7S/c1-34-18-11-16(10-17(12-18)28(32)33)14-36-15-24(25(29)30)27-26(31)35-13-23-21-8-4-2-6-19(21)20-7-3-5-9-22(20)23/h2-12,23-24H,13-15H2,1H3,(H,27,31)(H,29,30). The van der Waals surface area contributed by atoms with Crippen molar-refractivity contribution in [1.29, 1.82) is 0 Å². The van der Waals surface area contributed by atoms with Crippen LogP contribution >= 0.6 is 11.8 Å². The molecule has 0 saturated heterocycles. The van der Waals surface area contributed by atoms with Gasteiger partial charge in [-0.1, -0.05) is 48.5 Å². The zero-order chi connectivity index (χ0) is 25.7. The van der Waals surface area contributed by atoms with E-state index in [9.17, 15) is 24.8 Å². The molecule has 1 amide bonds. The monoisotopic (exact) mass is 508 g/mol. The van der Waals surface area contributed by atoms with Crippen molar-refractivity contribution in [3.8, 4) is 16.9 Å².